The number of aromatic amines is 1. The van der Waals surface area contributed by atoms with Gasteiger partial charge in [-0.2, -0.15) is 0 Å². The molecule has 6 heteroatoms. The van der Waals surface area contributed by atoms with Gasteiger partial charge in [0, 0.05) is 26.2 Å². The Morgan fingerprint density at radius 1 is 1.67 bits per heavy atom. The number of rotatable bonds is 6. The number of nitrogens with one attached hydrogen (secondary N) is 2. The van der Waals surface area contributed by atoms with Crippen LogP contribution in [0.4, 0.5) is 0 Å². The van der Waals surface area contributed by atoms with Crippen LogP contribution in [0.1, 0.15) is 23.3 Å². The summed E-state index contributed by atoms with van der Waals surface area (Å²) in [7, 11) is 1.65. The topological polar surface area (TPSA) is 70.2 Å². The van der Waals surface area contributed by atoms with Crippen molar-refractivity contribution in [2.75, 3.05) is 33.4 Å². The first-order valence-corrected chi connectivity index (χ1v) is 6.31. The lowest BCUT2D eigenvalue weighted by Gasteiger charge is -2.25. The highest BCUT2D eigenvalue weighted by Crippen LogP contribution is 2.09. The minimum absolute atomic E-state index is 0.0155. The van der Waals surface area contributed by atoms with Gasteiger partial charge in [0.25, 0.3) is 5.91 Å². The standard InChI is InChI=1S/C12H20N4O2/c1-18-6-5-16(8-10-3-2-4-14-10)12(17)11-7-13-9-15-11/h7,9-10,14H,2-6,8H2,1H3,(H,13,15). The highest BCUT2D eigenvalue weighted by Gasteiger charge is 2.22. The third kappa shape index (κ3) is 3.30. The van der Waals surface area contributed by atoms with Crippen LogP contribution in [0.2, 0.25) is 0 Å². The third-order valence-corrected chi connectivity index (χ3v) is 3.18. The van der Waals surface area contributed by atoms with Crippen molar-refractivity contribution in [2.45, 2.75) is 18.9 Å². The fourth-order valence-corrected chi connectivity index (χ4v) is 2.20. The molecule has 0 aromatic carbocycles. The van der Waals surface area contributed by atoms with Gasteiger partial charge in [-0.1, -0.05) is 0 Å². The zero-order valence-electron chi connectivity index (χ0n) is 10.7. The molecule has 0 bridgehead atoms. The Hall–Kier alpha value is -1.40. The first-order chi connectivity index (χ1) is 8.81. The summed E-state index contributed by atoms with van der Waals surface area (Å²) in [6.07, 6.45) is 5.39. The number of amides is 1. The van der Waals surface area contributed by atoms with E-state index in [1.807, 2.05) is 4.90 Å². The molecule has 6 nitrogen and oxygen atoms in total. The van der Waals surface area contributed by atoms with Crippen LogP contribution in [0.5, 0.6) is 0 Å². The van der Waals surface area contributed by atoms with Gasteiger partial charge in [0.05, 0.1) is 19.1 Å². The van der Waals surface area contributed by atoms with Gasteiger partial charge in [0.15, 0.2) is 0 Å². The summed E-state index contributed by atoms with van der Waals surface area (Å²) in [4.78, 5) is 20.8. The Kier molecular flexibility index (Phi) is 4.72. The van der Waals surface area contributed by atoms with Gasteiger partial charge in [-0.15, -0.1) is 0 Å². The molecule has 2 heterocycles. The Balaban J connectivity index is 1.96. The van der Waals surface area contributed by atoms with Crippen molar-refractivity contribution >= 4 is 5.91 Å². The van der Waals surface area contributed by atoms with E-state index >= 15 is 0 Å². The molecular formula is C12H20N4O2. The molecule has 1 atom stereocenters. The molecule has 0 spiro atoms. The number of hydrogen-bond acceptors (Lipinski definition) is 4. The van der Waals surface area contributed by atoms with E-state index in [1.54, 1.807) is 13.3 Å². The monoisotopic (exact) mass is 252 g/mol. The summed E-state index contributed by atoms with van der Waals surface area (Å²) in [6.45, 7) is 2.92. The van der Waals surface area contributed by atoms with Gasteiger partial charge < -0.3 is 19.9 Å². The molecule has 1 amide bonds. The van der Waals surface area contributed by atoms with E-state index in [2.05, 4.69) is 15.3 Å². The van der Waals surface area contributed by atoms with E-state index in [-0.39, 0.29) is 5.91 Å². The molecule has 0 aliphatic carbocycles. The SMILES string of the molecule is COCCN(CC1CCCN1)C(=O)c1cnc[nH]1. The summed E-state index contributed by atoms with van der Waals surface area (Å²) in [6, 6.07) is 0.397. The van der Waals surface area contributed by atoms with Crippen molar-refractivity contribution < 1.29 is 9.53 Å². The van der Waals surface area contributed by atoms with Crippen LogP contribution in [0.25, 0.3) is 0 Å². The summed E-state index contributed by atoms with van der Waals surface area (Å²) >= 11 is 0. The summed E-state index contributed by atoms with van der Waals surface area (Å²) in [5, 5.41) is 3.40. The number of ether oxygens (including phenoxy) is 1. The normalized spacial score (nSPS) is 19.1. The molecule has 18 heavy (non-hydrogen) atoms. The quantitative estimate of drug-likeness (QED) is 0.761. The number of methoxy groups -OCH3 is 1. The average molecular weight is 252 g/mol. The lowest BCUT2D eigenvalue weighted by molar-refractivity contribution is 0.0674. The lowest BCUT2D eigenvalue weighted by atomic mass is 10.2. The van der Waals surface area contributed by atoms with E-state index < -0.39 is 0 Å². The average Bonchev–Trinajstić information content (AvgIpc) is 3.06. The Morgan fingerprint density at radius 3 is 3.17 bits per heavy atom. The smallest absolute Gasteiger partial charge is 0.272 e. The van der Waals surface area contributed by atoms with Crippen molar-refractivity contribution in [1.82, 2.24) is 20.2 Å². The van der Waals surface area contributed by atoms with E-state index in [4.69, 9.17) is 4.74 Å². The second kappa shape index (κ2) is 6.51. The molecule has 2 N–H and O–H groups in total. The maximum atomic E-state index is 12.3. The first-order valence-electron chi connectivity index (χ1n) is 6.31. The van der Waals surface area contributed by atoms with Gasteiger partial charge in [-0.25, -0.2) is 4.98 Å². The number of imidazole rings is 1. The molecule has 1 aliphatic heterocycles. The Labute approximate surface area is 107 Å². The highest BCUT2D eigenvalue weighted by atomic mass is 16.5. The number of nitrogens with zero attached hydrogens (tertiary/aromatic N) is 2. The summed E-state index contributed by atoms with van der Waals surface area (Å²) < 4.78 is 5.06. The molecular weight excluding hydrogens is 232 g/mol. The van der Waals surface area contributed by atoms with Crippen LogP contribution < -0.4 is 5.32 Å². The van der Waals surface area contributed by atoms with E-state index in [0.29, 0.717) is 24.9 Å². The minimum atomic E-state index is -0.0155. The van der Waals surface area contributed by atoms with Gasteiger partial charge >= 0.3 is 0 Å². The second-order valence-electron chi connectivity index (χ2n) is 4.50. The van der Waals surface area contributed by atoms with E-state index in [1.165, 1.54) is 12.7 Å². The molecule has 100 valence electrons. The fourth-order valence-electron chi connectivity index (χ4n) is 2.20. The first kappa shape index (κ1) is 13.0. The van der Waals surface area contributed by atoms with Gasteiger partial charge in [-0.05, 0) is 19.4 Å². The molecule has 1 aromatic rings. The summed E-state index contributed by atoms with van der Waals surface area (Å²) in [5.41, 5.74) is 0.532. The van der Waals surface area contributed by atoms with E-state index in [0.717, 1.165) is 19.5 Å². The zero-order valence-corrected chi connectivity index (χ0v) is 10.7. The minimum Gasteiger partial charge on any atom is -0.383 e. The maximum absolute atomic E-state index is 12.3. The number of hydrogen-bond donors (Lipinski definition) is 2. The third-order valence-electron chi connectivity index (χ3n) is 3.18. The van der Waals surface area contributed by atoms with Crippen molar-refractivity contribution in [3.8, 4) is 0 Å². The van der Waals surface area contributed by atoms with Crippen molar-refractivity contribution in [3.05, 3.63) is 18.2 Å². The van der Waals surface area contributed by atoms with Crippen LogP contribution in [-0.2, 0) is 4.74 Å². The predicted octanol–water partition coefficient (Wildman–Crippen LogP) is 0.250. The van der Waals surface area contributed by atoms with Gasteiger partial charge in [0.2, 0.25) is 0 Å². The number of aromatic nitrogens is 2. The highest BCUT2D eigenvalue weighted by molar-refractivity contribution is 5.92. The predicted molar refractivity (Wildman–Crippen MR) is 67.4 cm³/mol. The molecule has 1 saturated heterocycles. The van der Waals surface area contributed by atoms with Crippen LogP contribution in [0.3, 0.4) is 0 Å². The largest absolute Gasteiger partial charge is 0.383 e. The van der Waals surface area contributed by atoms with Crippen LogP contribution in [0.15, 0.2) is 12.5 Å². The molecule has 1 aliphatic rings. The second-order valence-corrected chi connectivity index (χ2v) is 4.50. The zero-order chi connectivity index (χ0) is 12.8. The van der Waals surface area contributed by atoms with Crippen LogP contribution in [0, 0.1) is 0 Å². The number of carbonyl (C=O) groups excluding carboxylic acids is 1. The van der Waals surface area contributed by atoms with Crippen molar-refractivity contribution in [2.24, 2.45) is 0 Å². The molecule has 1 fully saturated rings. The Morgan fingerprint density at radius 2 is 2.56 bits per heavy atom. The van der Waals surface area contributed by atoms with E-state index in [9.17, 15) is 4.79 Å². The van der Waals surface area contributed by atoms with Crippen molar-refractivity contribution in [3.63, 3.8) is 0 Å². The van der Waals surface area contributed by atoms with Gasteiger partial charge in [-0.3, -0.25) is 4.79 Å². The lowest BCUT2D eigenvalue weighted by Crippen LogP contribution is -2.42. The van der Waals surface area contributed by atoms with Crippen LogP contribution in [-0.4, -0.2) is 60.2 Å². The van der Waals surface area contributed by atoms with Crippen molar-refractivity contribution in [1.29, 1.82) is 0 Å². The summed E-state index contributed by atoms with van der Waals surface area (Å²) in [5.74, 6) is -0.0155. The Bertz CT molecular complexity index is 360. The molecule has 0 radical (unpaired) electrons. The van der Waals surface area contributed by atoms with Crippen LogP contribution >= 0.6 is 0 Å². The maximum Gasteiger partial charge on any atom is 0.272 e. The molecule has 1 unspecified atom stereocenters. The van der Waals surface area contributed by atoms with Gasteiger partial charge in [0.1, 0.15) is 5.69 Å². The molecule has 1 aromatic heterocycles. The molecule has 0 saturated carbocycles. The fraction of sp³-hybridized carbons (Fsp3) is 0.667. The number of H-pyrrole nitrogens is 1. The molecule has 2 rings (SSSR count). The number of carbonyl (C=O) groups is 1.